The van der Waals surface area contributed by atoms with Gasteiger partial charge < -0.3 is 0 Å². The molecule has 1 atom stereocenters. The maximum Gasteiger partial charge on any atom is 0.281 e. The van der Waals surface area contributed by atoms with E-state index in [1.54, 1.807) is 26.2 Å². The van der Waals surface area contributed by atoms with Gasteiger partial charge in [0.1, 0.15) is 5.82 Å². The molecule has 24 heavy (non-hydrogen) atoms. The number of hydrogen-bond donors (Lipinski definition) is 1. The van der Waals surface area contributed by atoms with Crippen molar-refractivity contribution in [2.45, 2.75) is 18.8 Å². The van der Waals surface area contributed by atoms with E-state index in [9.17, 15) is 12.8 Å². The highest BCUT2D eigenvalue weighted by molar-refractivity contribution is 7.86. The first-order valence-electron chi connectivity index (χ1n) is 7.87. The topological polar surface area (TPSA) is 69.3 Å². The molecule has 2 heterocycles. The molecule has 0 bridgehead atoms. The Balaban J connectivity index is 1.79. The number of piperidine rings is 1. The van der Waals surface area contributed by atoms with E-state index in [2.05, 4.69) is 10.2 Å². The molecule has 0 radical (unpaired) electrons. The summed E-state index contributed by atoms with van der Waals surface area (Å²) in [6.07, 6.45) is 1.72. The Morgan fingerprint density at radius 1 is 1.29 bits per heavy atom. The summed E-state index contributed by atoms with van der Waals surface area (Å²) in [6.45, 7) is 0.974. The summed E-state index contributed by atoms with van der Waals surface area (Å²) >= 11 is 0. The van der Waals surface area contributed by atoms with Crippen molar-refractivity contribution in [1.82, 2.24) is 18.8 Å². The van der Waals surface area contributed by atoms with Crippen LogP contribution < -0.4 is 0 Å². The predicted octanol–water partition coefficient (Wildman–Crippen LogP) is 2.20. The third-order valence-corrected chi connectivity index (χ3v) is 6.26. The smallest absolute Gasteiger partial charge is 0.281 e. The molecule has 3 rings (SSSR count). The largest absolute Gasteiger partial charge is 0.282 e. The fourth-order valence-electron chi connectivity index (χ4n) is 2.95. The molecule has 1 aliphatic heterocycles. The average Bonchev–Trinajstić information content (AvgIpc) is 3.05. The number of H-pyrrole nitrogens is 1. The summed E-state index contributed by atoms with van der Waals surface area (Å²) < 4.78 is 40.4. The molecule has 0 aliphatic carbocycles. The Morgan fingerprint density at radius 2 is 2.00 bits per heavy atom. The first-order valence-corrected chi connectivity index (χ1v) is 9.26. The number of nitrogens with one attached hydrogen (secondary N) is 1. The molecule has 6 nitrogen and oxygen atoms in total. The SMILES string of the molecule is CN(C)S(=O)(=O)N1CCC[C@@H](c2cc(-c3ccc(F)cc3)n[nH]2)C1. The Morgan fingerprint density at radius 3 is 2.67 bits per heavy atom. The van der Waals surface area contributed by atoms with Gasteiger partial charge in [-0.25, -0.2) is 4.39 Å². The second-order valence-electron chi connectivity index (χ2n) is 6.20. The Hall–Kier alpha value is -1.77. The molecule has 130 valence electrons. The minimum atomic E-state index is -3.40. The van der Waals surface area contributed by atoms with Crippen molar-refractivity contribution in [2.75, 3.05) is 27.2 Å². The third kappa shape index (κ3) is 3.35. The molecular weight excluding hydrogens is 331 g/mol. The van der Waals surface area contributed by atoms with Gasteiger partial charge in [-0.3, -0.25) is 5.10 Å². The fourth-order valence-corrected chi connectivity index (χ4v) is 4.14. The van der Waals surface area contributed by atoms with Crippen LogP contribution in [0, 0.1) is 5.82 Å². The highest BCUT2D eigenvalue weighted by Gasteiger charge is 2.31. The van der Waals surface area contributed by atoms with Gasteiger partial charge in [0, 0.05) is 44.4 Å². The standard InChI is InChI=1S/C16H21FN4O2S/c1-20(2)24(22,23)21-9-3-4-13(11-21)16-10-15(18-19-16)12-5-7-14(17)8-6-12/h5-8,10,13H,3-4,9,11H2,1-2H3,(H,18,19)/t13-/m1/s1. The molecule has 1 fully saturated rings. The van der Waals surface area contributed by atoms with Gasteiger partial charge in [0.2, 0.25) is 0 Å². The summed E-state index contributed by atoms with van der Waals surface area (Å²) in [5.41, 5.74) is 2.47. The van der Waals surface area contributed by atoms with E-state index < -0.39 is 10.2 Å². The first kappa shape index (κ1) is 17.1. The molecule has 1 saturated heterocycles. The lowest BCUT2D eigenvalue weighted by molar-refractivity contribution is 0.296. The van der Waals surface area contributed by atoms with E-state index in [4.69, 9.17) is 0 Å². The zero-order valence-electron chi connectivity index (χ0n) is 13.7. The normalized spacial score (nSPS) is 19.8. The van der Waals surface area contributed by atoms with E-state index >= 15 is 0 Å². The van der Waals surface area contributed by atoms with Gasteiger partial charge in [-0.15, -0.1) is 0 Å². The number of aromatic nitrogens is 2. The fraction of sp³-hybridized carbons (Fsp3) is 0.438. The average molecular weight is 352 g/mol. The number of nitrogens with zero attached hydrogens (tertiary/aromatic N) is 3. The van der Waals surface area contributed by atoms with E-state index in [0.29, 0.717) is 13.1 Å². The van der Waals surface area contributed by atoms with Gasteiger partial charge in [0.25, 0.3) is 10.2 Å². The van der Waals surface area contributed by atoms with Gasteiger partial charge in [0.05, 0.1) is 5.69 Å². The van der Waals surface area contributed by atoms with Crippen LogP contribution in [0.15, 0.2) is 30.3 Å². The highest BCUT2D eigenvalue weighted by atomic mass is 32.2. The van der Waals surface area contributed by atoms with Crippen LogP contribution in [0.1, 0.15) is 24.5 Å². The first-order chi connectivity index (χ1) is 11.4. The van der Waals surface area contributed by atoms with Crippen molar-refractivity contribution >= 4 is 10.2 Å². The quantitative estimate of drug-likeness (QED) is 0.917. The van der Waals surface area contributed by atoms with Crippen LogP contribution >= 0.6 is 0 Å². The van der Waals surface area contributed by atoms with Crippen molar-refractivity contribution in [1.29, 1.82) is 0 Å². The molecule has 0 amide bonds. The summed E-state index contributed by atoms with van der Waals surface area (Å²) in [5, 5.41) is 7.30. The van der Waals surface area contributed by atoms with E-state index in [0.717, 1.165) is 29.8 Å². The number of benzene rings is 1. The monoisotopic (exact) mass is 352 g/mol. The molecule has 2 aromatic rings. The Kier molecular flexibility index (Phi) is 4.71. The van der Waals surface area contributed by atoms with Gasteiger partial charge in [0.15, 0.2) is 0 Å². The molecule has 8 heteroatoms. The Bertz CT molecular complexity index is 802. The zero-order valence-corrected chi connectivity index (χ0v) is 14.6. The lowest BCUT2D eigenvalue weighted by Crippen LogP contribution is -2.44. The van der Waals surface area contributed by atoms with E-state index in [1.165, 1.54) is 20.7 Å². The summed E-state index contributed by atoms with van der Waals surface area (Å²) in [4.78, 5) is 0. The van der Waals surface area contributed by atoms with Gasteiger partial charge in [-0.2, -0.15) is 22.1 Å². The van der Waals surface area contributed by atoms with Gasteiger partial charge in [-0.1, -0.05) is 0 Å². The lowest BCUT2D eigenvalue weighted by Gasteiger charge is -2.32. The number of halogens is 1. The molecule has 1 aliphatic rings. The van der Waals surface area contributed by atoms with Crippen molar-refractivity contribution in [3.63, 3.8) is 0 Å². The maximum atomic E-state index is 13.0. The molecular formula is C16H21FN4O2S. The van der Waals surface area contributed by atoms with E-state index in [-0.39, 0.29) is 11.7 Å². The minimum absolute atomic E-state index is 0.0789. The van der Waals surface area contributed by atoms with Gasteiger partial charge >= 0.3 is 0 Å². The number of rotatable bonds is 4. The second-order valence-corrected chi connectivity index (χ2v) is 8.35. The lowest BCUT2D eigenvalue weighted by atomic mass is 9.96. The third-order valence-electron chi connectivity index (χ3n) is 4.35. The van der Waals surface area contributed by atoms with Crippen molar-refractivity contribution < 1.29 is 12.8 Å². The van der Waals surface area contributed by atoms with Crippen LogP contribution in [0.5, 0.6) is 0 Å². The summed E-state index contributed by atoms with van der Waals surface area (Å²) in [5.74, 6) is -0.207. The predicted molar refractivity (Wildman–Crippen MR) is 90.1 cm³/mol. The van der Waals surface area contributed by atoms with Crippen LogP contribution in [-0.2, 0) is 10.2 Å². The summed E-state index contributed by atoms with van der Waals surface area (Å²) in [7, 11) is -0.313. The molecule has 0 saturated carbocycles. The Labute approximate surface area is 141 Å². The van der Waals surface area contributed by atoms with Crippen LogP contribution in [0.25, 0.3) is 11.3 Å². The van der Waals surface area contributed by atoms with Crippen molar-refractivity contribution in [3.05, 3.63) is 41.8 Å². The maximum absolute atomic E-state index is 13.0. The number of hydrogen-bond acceptors (Lipinski definition) is 3. The van der Waals surface area contributed by atoms with Crippen molar-refractivity contribution in [2.24, 2.45) is 0 Å². The second kappa shape index (κ2) is 6.62. The highest BCUT2D eigenvalue weighted by Crippen LogP contribution is 2.29. The molecule has 1 aromatic carbocycles. The molecule has 0 spiro atoms. The molecule has 0 unspecified atom stereocenters. The zero-order chi connectivity index (χ0) is 17.3. The van der Waals surface area contributed by atoms with Gasteiger partial charge in [-0.05, 0) is 43.2 Å². The minimum Gasteiger partial charge on any atom is -0.282 e. The molecule has 1 N–H and O–H groups in total. The van der Waals surface area contributed by atoms with Crippen LogP contribution in [0.2, 0.25) is 0 Å². The molecule has 1 aromatic heterocycles. The van der Waals surface area contributed by atoms with Crippen LogP contribution in [-0.4, -0.2) is 54.4 Å². The number of aromatic amines is 1. The van der Waals surface area contributed by atoms with Crippen LogP contribution in [0.3, 0.4) is 0 Å². The summed E-state index contributed by atoms with van der Waals surface area (Å²) in [6, 6.07) is 8.08. The van der Waals surface area contributed by atoms with Crippen molar-refractivity contribution in [3.8, 4) is 11.3 Å². The van der Waals surface area contributed by atoms with Crippen LogP contribution in [0.4, 0.5) is 4.39 Å². The van der Waals surface area contributed by atoms with E-state index in [1.807, 2.05) is 6.07 Å².